The second-order valence-corrected chi connectivity index (χ2v) is 5.04. The summed E-state index contributed by atoms with van der Waals surface area (Å²) in [4.78, 5) is 0.333. The minimum Gasteiger partial charge on any atom is -0.331 e. The Hall–Kier alpha value is -0.910. The fourth-order valence-electron chi connectivity index (χ4n) is 0.873. The van der Waals surface area contributed by atoms with Gasteiger partial charge in [0.2, 0.25) is 0 Å². The predicted octanol–water partition coefficient (Wildman–Crippen LogP) is 0.514. The maximum Gasteiger partial charge on any atom is 0.175 e. The third-order valence-electron chi connectivity index (χ3n) is 1.59. The Bertz CT molecular complexity index is 371. The summed E-state index contributed by atoms with van der Waals surface area (Å²) in [6.45, 7) is 3.09. The number of benzene rings is 1. The van der Waals surface area contributed by atoms with Gasteiger partial charge in [0.1, 0.15) is 0 Å². The molecule has 0 amide bonds. The maximum absolute atomic E-state index is 11.0. The van der Waals surface area contributed by atoms with Crippen LogP contribution in [0, 0.1) is 0 Å². The van der Waals surface area contributed by atoms with Crippen molar-refractivity contribution in [2.75, 3.05) is 12.8 Å². The average Bonchev–Trinajstić information content (AvgIpc) is 2.18. The predicted molar refractivity (Wildman–Crippen MR) is 62.2 cm³/mol. The van der Waals surface area contributed by atoms with Crippen LogP contribution >= 0.6 is 0 Å². The fraction of sp³-hybridized carbons (Fsp3) is 0.400. The lowest BCUT2D eigenvalue weighted by molar-refractivity contribution is 0.602. The van der Waals surface area contributed by atoms with E-state index in [1.54, 1.807) is 24.3 Å². The van der Waals surface area contributed by atoms with Gasteiger partial charge in [-0.05, 0) is 24.2 Å². The molecule has 15 heavy (non-hydrogen) atoms. The van der Waals surface area contributed by atoms with Crippen LogP contribution in [0.5, 0.6) is 0 Å². The van der Waals surface area contributed by atoms with Gasteiger partial charge in [0.25, 0.3) is 0 Å². The second-order valence-electron chi connectivity index (χ2n) is 3.03. The first-order valence-electron chi connectivity index (χ1n) is 4.64. The zero-order chi connectivity index (χ0) is 11.9. The number of rotatable bonds is 2. The molecule has 0 spiro atoms. The highest BCUT2D eigenvalue weighted by molar-refractivity contribution is 7.90. The molecule has 1 aromatic rings. The van der Waals surface area contributed by atoms with Gasteiger partial charge in [0, 0.05) is 12.8 Å². The summed E-state index contributed by atoms with van der Waals surface area (Å²) in [5.41, 5.74) is 11.1. The molecule has 1 aromatic carbocycles. The first-order valence-corrected chi connectivity index (χ1v) is 6.54. The van der Waals surface area contributed by atoms with E-state index in [-0.39, 0.29) is 0 Å². The molecule has 0 aliphatic heterocycles. The molecule has 0 saturated heterocycles. The monoisotopic (exact) mass is 230 g/mol. The Labute approximate surface area is 91.2 Å². The number of sulfone groups is 1. The van der Waals surface area contributed by atoms with E-state index in [1.165, 1.54) is 6.26 Å². The van der Waals surface area contributed by atoms with Crippen LogP contribution in [0.3, 0.4) is 0 Å². The van der Waals surface area contributed by atoms with Crippen LogP contribution < -0.4 is 11.5 Å². The van der Waals surface area contributed by atoms with Crippen LogP contribution in [-0.4, -0.2) is 21.2 Å². The van der Waals surface area contributed by atoms with E-state index in [4.69, 9.17) is 11.5 Å². The molecule has 0 aromatic heterocycles. The molecule has 5 heteroatoms. The van der Waals surface area contributed by atoms with Gasteiger partial charge in [-0.2, -0.15) is 0 Å². The molecule has 0 aliphatic carbocycles. The van der Waals surface area contributed by atoms with Crippen molar-refractivity contribution in [2.24, 2.45) is 11.5 Å². The highest BCUT2D eigenvalue weighted by Gasteiger charge is 2.04. The van der Waals surface area contributed by atoms with E-state index in [1.807, 2.05) is 6.92 Å². The smallest absolute Gasteiger partial charge is 0.175 e. The zero-order valence-corrected chi connectivity index (χ0v) is 9.92. The molecule has 0 fully saturated rings. The third-order valence-corrected chi connectivity index (χ3v) is 2.72. The normalized spacial score (nSPS) is 10.4. The van der Waals surface area contributed by atoms with Crippen LogP contribution in [0.25, 0.3) is 0 Å². The molecule has 0 unspecified atom stereocenters. The Balaban J connectivity index is 0.000000583. The summed E-state index contributed by atoms with van der Waals surface area (Å²) in [5, 5.41) is 0. The molecule has 0 bridgehead atoms. The Kier molecular flexibility index (Phi) is 6.15. The van der Waals surface area contributed by atoms with Crippen molar-refractivity contribution < 1.29 is 8.42 Å². The number of hydrogen-bond acceptors (Lipinski definition) is 4. The Morgan fingerprint density at radius 2 is 1.53 bits per heavy atom. The summed E-state index contributed by atoms with van der Waals surface area (Å²) in [6.07, 6.45) is 1.18. The lowest BCUT2D eigenvalue weighted by Crippen LogP contribution is -1.99. The van der Waals surface area contributed by atoms with E-state index >= 15 is 0 Å². The Morgan fingerprint density at radius 1 is 1.13 bits per heavy atom. The van der Waals surface area contributed by atoms with Crippen LogP contribution in [0.2, 0.25) is 0 Å². The molecule has 4 N–H and O–H groups in total. The molecular weight excluding hydrogens is 212 g/mol. The molecule has 4 nitrogen and oxygen atoms in total. The highest BCUT2D eigenvalue weighted by atomic mass is 32.2. The van der Waals surface area contributed by atoms with Crippen molar-refractivity contribution in [2.45, 2.75) is 18.4 Å². The van der Waals surface area contributed by atoms with Crippen LogP contribution in [0.4, 0.5) is 0 Å². The van der Waals surface area contributed by atoms with Crippen molar-refractivity contribution in [3.05, 3.63) is 29.8 Å². The van der Waals surface area contributed by atoms with Crippen molar-refractivity contribution in [1.82, 2.24) is 0 Å². The SMILES string of the molecule is CCN.CS(=O)(=O)c1ccc(CN)cc1. The van der Waals surface area contributed by atoms with E-state index < -0.39 is 9.84 Å². The van der Waals surface area contributed by atoms with E-state index in [9.17, 15) is 8.42 Å². The summed E-state index contributed by atoms with van der Waals surface area (Å²) in [7, 11) is -3.07. The minimum absolute atomic E-state index is 0.333. The third kappa shape index (κ3) is 5.51. The quantitative estimate of drug-likeness (QED) is 0.775. The summed E-state index contributed by atoms with van der Waals surface area (Å²) in [5.74, 6) is 0. The highest BCUT2D eigenvalue weighted by Crippen LogP contribution is 2.09. The minimum atomic E-state index is -3.07. The van der Waals surface area contributed by atoms with Gasteiger partial charge >= 0.3 is 0 Å². The van der Waals surface area contributed by atoms with Gasteiger partial charge in [0.05, 0.1) is 4.90 Å². The lowest BCUT2D eigenvalue weighted by atomic mass is 10.2. The van der Waals surface area contributed by atoms with Gasteiger partial charge in [-0.3, -0.25) is 0 Å². The molecular formula is C10H18N2O2S. The molecule has 86 valence electrons. The first-order chi connectivity index (χ1) is 6.95. The van der Waals surface area contributed by atoms with Gasteiger partial charge in [0.15, 0.2) is 9.84 Å². The van der Waals surface area contributed by atoms with Gasteiger partial charge < -0.3 is 11.5 Å². The van der Waals surface area contributed by atoms with Gasteiger partial charge in [-0.25, -0.2) is 8.42 Å². The number of hydrogen-bond donors (Lipinski definition) is 2. The van der Waals surface area contributed by atoms with E-state index in [0.717, 1.165) is 12.1 Å². The van der Waals surface area contributed by atoms with E-state index in [2.05, 4.69) is 0 Å². The van der Waals surface area contributed by atoms with Crippen LogP contribution in [0.1, 0.15) is 12.5 Å². The van der Waals surface area contributed by atoms with Gasteiger partial charge in [-0.15, -0.1) is 0 Å². The molecule has 1 rings (SSSR count). The second kappa shape index (κ2) is 6.55. The number of nitrogens with two attached hydrogens (primary N) is 2. The van der Waals surface area contributed by atoms with Crippen LogP contribution in [0.15, 0.2) is 29.2 Å². The van der Waals surface area contributed by atoms with Crippen molar-refractivity contribution in [1.29, 1.82) is 0 Å². The molecule has 0 aliphatic rings. The lowest BCUT2D eigenvalue weighted by Gasteiger charge is -1.99. The fourth-order valence-corrected chi connectivity index (χ4v) is 1.50. The molecule has 0 atom stereocenters. The Morgan fingerprint density at radius 3 is 1.80 bits per heavy atom. The van der Waals surface area contributed by atoms with Gasteiger partial charge in [-0.1, -0.05) is 19.1 Å². The van der Waals surface area contributed by atoms with Crippen molar-refractivity contribution in [3.63, 3.8) is 0 Å². The van der Waals surface area contributed by atoms with Crippen LogP contribution in [-0.2, 0) is 16.4 Å². The standard InChI is InChI=1S/C8H11NO2S.C2H7N/c1-12(10,11)8-4-2-7(6-9)3-5-8;1-2-3/h2-5H,6,9H2,1H3;2-3H2,1H3. The largest absolute Gasteiger partial charge is 0.331 e. The zero-order valence-electron chi connectivity index (χ0n) is 9.10. The summed E-state index contributed by atoms with van der Waals surface area (Å²) >= 11 is 0. The summed E-state index contributed by atoms with van der Waals surface area (Å²) < 4.78 is 22.0. The average molecular weight is 230 g/mol. The van der Waals surface area contributed by atoms with E-state index in [0.29, 0.717) is 11.4 Å². The first kappa shape index (κ1) is 14.1. The molecule has 0 saturated carbocycles. The summed E-state index contributed by atoms with van der Waals surface area (Å²) in [6, 6.07) is 6.57. The molecule has 0 heterocycles. The van der Waals surface area contributed by atoms with Crippen molar-refractivity contribution in [3.8, 4) is 0 Å². The maximum atomic E-state index is 11.0. The molecule has 0 radical (unpaired) electrons. The topological polar surface area (TPSA) is 86.2 Å². The van der Waals surface area contributed by atoms with Crippen molar-refractivity contribution >= 4 is 9.84 Å².